The molecule has 2 rings (SSSR count). The Kier molecular flexibility index (Phi) is 5.18. The van der Waals surface area contributed by atoms with Crippen LogP contribution in [-0.4, -0.2) is 40.7 Å². The Morgan fingerprint density at radius 3 is 2.94 bits per heavy atom. The molecule has 1 N–H and O–H groups in total. The Balaban J connectivity index is 1.48. The van der Waals surface area contributed by atoms with Gasteiger partial charge in [0.15, 0.2) is 0 Å². The molecular weight excluding hydrogens is 220 g/mol. The van der Waals surface area contributed by atoms with Crippen LogP contribution in [0.3, 0.4) is 0 Å². The summed E-state index contributed by atoms with van der Waals surface area (Å²) in [7, 11) is 0. The molecular formula is C11H20N4S. The number of nitrogens with zero attached hydrogens (tertiary/aromatic N) is 3. The zero-order valence-corrected chi connectivity index (χ0v) is 10.5. The molecule has 1 aliphatic heterocycles. The Bertz CT molecular complexity index is 270. The third kappa shape index (κ3) is 4.15. The molecule has 5 heteroatoms. The van der Waals surface area contributed by atoms with Crippen molar-refractivity contribution in [3.05, 3.63) is 11.1 Å². The van der Waals surface area contributed by atoms with Crippen LogP contribution in [0.2, 0.25) is 0 Å². The third-order valence-electron chi connectivity index (χ3n) is 2.99. The lowest BCUT2D eigenvalue weighted by atomic mass is 10.1. The van der Waals surface area contributed by atoms with Crippen molar-refractivity contribution in [1.29, 1.82) is 0 Å². The van der Waals surface area contributed by atoms with E-state index in [1.54, 1.807) is 0 Å². The molecule has 16 heavy (non-hydrogen) atoms. The highest BCUT2D eigenvalue weighted by Gasteiger charge is 2.08. The quantitative estimate of drug-likeness (QED) is 0.765. The molecule has 0 bridgehead atoms. The molecule has 1 aromatic heterocycles. The molecule has 0 aromatic carbocycles. The average Bonchev–Trinajstić information content (AvgIpc) is 2.83. The summed E-state index contributed by atoms with van der Waals surface area (Å²) in [5.41, 5.74) is 1.06. The van der Waals surface area contributed by atoms with Gasteiger partial charge in [-0.15, -0.1) is 5.10 Å². The van der Waals surface area contributed by atoms with Gasteiger partial charge < -0.3 is 10.2 Å². The molecule has 1 saturated heterocycles. The summed E-state index contributed by atoms with van der Waals surface area (Å²) >= 11 is 1.42. The zero-order valence-electron chi connectivity index (χ0n) is 9.69. The van der Waals surface area contributed by atoms with Crippen molar-refractivity contribution in [2.24, 2.45) is 0 Å². The van der Waals surface area contributed by atoms with E-state index in [4.69, 9.17) is 0 Å². The highest BCUT2D eigenvalue weighted by molar-refractivity contribution is 7.03. The molecule has 2 heterocycles. The first-order chi connectivity index (χ1) is 7.95. The van der Waals surface area contributed by atoms with Gasteiger partial charge in [-0.25, -0.2) is 0 Å². The second-order valence-corrected chi connectivity index (χ2v) is 4.94. The van der Waals surface area contributed by atoms with Crippen molar-refractivity contribution >= 4 is 11.5 Å². The van der Waals surface area contributed by atoms with E-state index in [0.717, 1.165) is 18.8 Å². The predicted octanol–water partition coefficient (Wildman–Crippen LogP) is 1.50. The number of piperidine rings is 1. The van der Waals surface area contributed by atoms with Gasteiger partial charge in [0.2, 0.25) is 0 Å². The van der Waals surface area contributed by atoms with E-state index in [-0.39, 0.29) is 0 Å². The fourth-order valence-corrected chi connectivity index (χ4v) is 2.54. The smallest absolute Gasteiger partial charge is 0.0893 e. The Labute approximate surface area is 101 Å². The van der Waals surface area contributed by atoms with Crippen molar-refractivity contribution in [3.63, 3.8) is 0 Å². The molecule has 0 aliphatic carbocycles. The first-order valence-corrected chi connectivity index (χ1v) is 6.98. The lowest BCUT2D eigenvalue weighted by Gasteiger charge is -2.26. The van der Waals surface area contributed by atoms with E-state index < -0.39 is 0 Å². The van der Waals surface area contributed by atoms with Crippen LogP contribution in [0.5, 0.6) is 0 Å². The van der Waals surface area contributed by atoms with Crippen molar-refractivity contribution in [1.82, 2.24) is 19.8 Å². The van der Waals surface area contributed by atoms with Crippen molar-refractivity contribution in [2.45, 2.75) is 32.2 Å². The summed E-state index contributed by atoms with van der Waals surface area (Å²) in [5, 5.41) is 9.40. The van der Waals surface area contributed by atoms with Crippen molar-refractivity contribution in [3.8, 4) is 0 Å². The summed E-state index contributed by atoms with van der Waals surface area (Å²) in [4.78, 5) is 2.58. The number of nitrogens with one attached hydrogen (secondary N) is 1. The average molecular weight is 240 g/mol. The maximum absolute atomic E-state index is 4.00. The summed E-state index contributed by atoms with van der Waals surface area (Å²) < 4.78 is 3.84. The molecule has 4 nitrogen and oxygen atoms in total. The van der Waals surface area contributed by atoms with Crippen LogP contribution in [0.15, 0.2) is 5.38 Å². The number of likely N-dealkylation sites (tertiary alicyclic amines) is 1. The second kappa shape index (κ2) is 6.93. The lowest BCUT2D eigenvalue weighted by Crippen LogP contribution is -2.32. The number of rotatable bonds is 6. The van der Waals surface area contributed by atoms with Crippen LogP contribution in [0.4, 0.5) is 0 Å². The minimum atomic E-state index is 0.858. The summed E-state index contributed by atoms with van der Waals surface area (Å²) in [6, 6.07) is 0. The van der Waals surface area contributed by atoms with Crippen LogP contribution in [0.1, 0.15) is 31.4 Å². The first-order valence-electron chi connectivity index (χ1n) is 6.14. The van der Waals surface area contributed by atoms with Gasteiger partial charge in [0, 0.05) is 11.9 Å². The van der Waals surface area contributed by atoms with Crippen LogP contribution in [0, 0.1) is 0 Å². The second-order valence-electron chi connectivity index (χ2n) is 4.33. The van der Waals surface area contributed by atoms with E-state index in [1.807, 2.05) is 5.38 Å². The molecule has 0 unspecified atom stereocenters. The van der Waals surface area contributed by atoms with Gasteiger partial charge in [-0.2, -0.15) is 0 Å². The zero-order chi connectivity index (χ0) is 11.1. The monoisotopic (exact) mass is 240 g/mol. The van der Waals surface area contributed by atoms with Crippen LogP contribution < -0.4 is 5.32 Å². The lowest BCUT2D eigenvalue weighted by molar-refractivity contribution is 0.225. The van der Waals surface area contributed by atoms with E-state index in [0.29, 0.717) is 0 Å². The van der Waals surface area contributed by atoms with Crippen molar-refractivity contribution < 1.29 is 0 Å². The number of hydrogen-bond donors (Lipinski definition) is 1. The highest BCUT2D eigenvalue weighted by atomic mass is 32.1. The maximum atomic E-state index is 4.00. The van der Waals surface area contributed by atoms with E-state index in [2.05, 4.69) is 19.8 Å². The third-order valence-corrected chi connectivity index (χ3v) is 3.54. The summed E-state index contributed by atoms with van der Waals surface area (Å²) in [5.74, 6) is 0. The van der Waals surface area contributed by atoms with E-state index >= 15 is 0 Å². The van der Waals surface area contributed by atoms with Crippen LogP contribution in [-0.2, 0) is 6.54 Å². The van der Waals surface area contributed by atoms with Crippen LogP contribution in [0.25, 0.3) is 0 Å². The molecule has 0 saturated carbocycles. The van der Waals surface area contributed by atoms with Gasteiger partial charge in [-0.1, -0.05) is 10.9 Å². The molecule has 90 valence electrons. The van der Waals surface area contributed by atoms with Gasteiger partial charge >= 0.3 is 0 Å². The largest absolute Gasteiger partial charge is 0.311 e. The highest BCUT2D eigenvalue weighted by Crippen LogP contribution is 2.08. The topological polar surface area (TPSA) is 41.1 Å². The van der Waals surface area contributed by atoms with Gasteiger partial charge in [0.05, 0.1) is 5.69 Å². The normalized spacial score (nSPS) is 17.8. The molecule has 0 amide bonds. The van der Waals surface area contributed by atoms with Crippen LogP contribution >= 0.6 is 11.5 Å². The number of hydrogen-bond acceptors (Lipinski definition) is 5. The fourth-order valence-electron chi connectivity index (χ4n) is 2.09. The maximum Gasteiger partial charge on any atom is 0.0893 e. The molecule has 0 atom stereocenters. The van der Waals surface area contributed by atoms with Gasteiger partial charge in [0.25, 0.3) is 0 Å². The summed E-state index contributed by atoms with van der Waals surface area (Å²) in [6.45, 7) is 5.78. The standard InChI is InChI=1S/C11H20N4S/c1-2-6-15(7-3-1)8-4-5-12-9-11-10-16-14-13-11/h10,12H,1-9H2. The van der Waals surface area contributed by atoms with Crippen molar-refractivity contribution in [2.75, 3.05) is 26.2 Å². The molecule has 0 spiro atoms. The van der Waals surface area contributed by atoms with Gasteiger partial charge in [-0.05, 0) is 57.0 Å². The Hall–Kier alpha value is -0.520. The molecule has 1 aliphatic rings. The minimum Gasteiger partial charge on any atom is -0.311 e. The minimum absolute atomic E-state index is 0.858. The summed E-state index contributed by atoms with van der Waals surface area (Å²) in [6.07, 6.45) is 5.43. The van der Waals surface area contributed by atoms with Gasteiger partial charge in [0.1, 0.15) is 0 Å². The predicted molar refractivity (Wildman–Crippen MR) is 66.5 cm³/mol. The molecule has 0 radical (unpaired) electrons. The number of aromatic nitrogens is 2. The Morgan fingerprint density at radius 1 is 1.31 bits per heavy atom. The molecule has 1 aromatic rings. The van der Waals surface area contributed by atoms with Gasteiger partial charge in [-0.3, -0.25) is 0 Å². The van der Waals surface area contributed by atoms with E-state index in [1.165, 1.54) is 56.9 Å². The molecule has 1 fully saturated rings. The fraction of sp³-hybridized carbons (Fsp3) is 0.818. The SMILES string of the molecule is c1snnc1CNCCCN1CCCCC1. The Morgan fingerprint density at radius 2 is 2.19 bits per heavy atom. The first kappa shape index (κ1) is 12.0. The van der Waals surface area contributed by atoms with E-state index in [9.17, 15) is 0 Å².